The number of nitrogens with one attached hydrogen (secondary N) is 1. The van der Waals surface area contributed by atoms with E-state index in [9.17, 15) is 0 Å². The van der Waals surface area contributed by atoms with Crippen LogP contribution < -0.4 is 5.32 Å². The van der Waals surface area contributed by atoms with Crippen LogP contribution in [0.3, 0.4) is 0 Å². The van der Waals surface area contributed by atoms with Crippen molar-refractivity contribution in [2.75, 3.05) is 46.1 Å². The number of anilines is 1. The van der Waals surface area contributed by atoms with Gasteiger partial charge in [-0.15, -0.1) is 0 Å². The van der Waals surface area contributed by atoms with Crippen LogP contribution in [-0.2, 0) is 0 Å². The maximum atomic E-state index is 4.84. The van der Waals surface area contributed by atoms with Crippen LogP contribution in [0.4, 0.5) is 11.4 Å². The summed E-state index contributed by atoms with van der Waals surface area (Å²) in [4.78, 5) is 14.4. The second-order valence-electron chi connectivity index (χ2n) is 9.35. The topological polar surface area (TPSA) is 43.2 Å². The molecular weight excluding hydrogens is 394 g/mol. The third kappa shape index (κ3) is 6.80. The van der Waals surface area contributed by atoms with Crippen LogP contribution in [0.2, 0.25) is 0 Å². The van der Waals surface area contributed by atoms with Gasteiger partial charge in [0.05, 0.1) is 11.4 Å². The molecule has 174 valence electrons. The number of benzene rings is 1. The minimum Gasteiger partial charge on any atom is -0.386 e. The van der Waals surface area contributed by atoms with Gasteiger partial charge in [-0.2, -0.15) is 0 Å². The predicted molar refractivity (Wildman–Crippen MR) is 140 cm³/mol. The first-order chi connectivity index (χ1) is 15.5. The van der Waals surface area contributed by atoms with Crippen LogP contribution >= 0.6 is 0 Å². The number of allylic oxidation sites excluding steroid dienone is 2. The van der Waals surface area contributed by atoms with Crippen molar-refractivity contribution in [1.82, 2.24) is 9.80 Å². The average Bonchev–Trinajstić information content (AvgIpc) is 2.77. The Bertz CT molecular complexity index is 872. The Morgan fingerprint density at radius 1 is 1.25 bits per heavy atom. The molecule has 1 saturated heterocycles. The lowest BCUT2D eigenvalue weighted by Gasteiger charge is -2.29. The van der Waals surface area contributed by atoms with Gasteiger partial charge in [0, 0.05) is 33.1 Å². The quantitative estimate of drug-likeness (QED) is 0.556. The summed E-state index contributed by atoms with van der Waals surface area (Å²) in [6.07, 6.45) is 15.6. The van der Waals surface area contributed by atoms with Crippen LogP contribution in [0.15, 0.2) is 46.0 Å². The first-order valence-electron chi connectivity index (χ1n) is 12.1. The van der Waals surface area contributed by atoms with Gasteiger partial charge in [0.1, 0.15) is 5.84 Å². The highest BCUT2D eigenvalue weighted by molar-refractivity contribution is 5.94. The summed E-state index contributed by atoms with van der Waals surface area (Å²) in [7, 11) is 6.34. The summed E-state index contributed by atoms with van der Waals surface area (Å²) in [6, 6.07) is 4.24. The zero-order valence-electron chi connectivity index (χ0n) is 20.7. The van der Waals surface area contributed by atoms with Gasteiger partial charge in [-0.05, 0) is 107 Å². The molecule has 5 nitrogen and oxygen atoms in total. The average molecular weight is 436 g/mol. The van der Waals surface area contributed by atoms with Gasteiger partial charge >= 0.3 is 0 Å². The fourth-order valence-corrected chi connectivity index (χ4v) is 4.42. The van der Waals surface area contributed by atoms with E-state index in [0.29, 0.717) is 0 Å². The molecule has 0 saturated carbocycles. The first-order valence-corrected chi connectivity index (χ1v) is 12.1. The molecule has 0 atom stereocenters. The van der Waals surface area contributed by atoms with E-state index < -0.39 is 0 Å². The Balaban J connectivity index is 1.62. The van der Waals surface area contributed by atoms with Gasteiger partial charge in [0.2, 0.25) is 0 Å². The minimum atomic E-state index is 0.893. The molecular formula is C27H41N5. The zero-order chi connectivity index (χ0) is 22.9. The van der Waals surface area contributed by atoms with Crippen molar-refractivity contribution in [3.05, 3.63) is 47.2 Å². The van der Waals surface area contributed by atoms with E-state index >= 15 is 0 Å². The Labute approximate surface area is 195 Å². The van der Waals surface area contributed by atoms with Crippen molar-refractivity contribution in [2.45, 2.75) is 52.4 Å². The molecule has 1 aromatic carbocycles. The molecule has 0 bridgehead atoms. The lowest BCUT2D eigenvalue weighted by molar-refractivity contribution is 0.208. The highest BCUT2D eigenvalue weighted by atomic mass is 15.2. The van der Waals surface area contributed by atoms with Crippen LogP contribution in [0.5, 0.6) is 0 Å². The summed E-state index contributed by atoms with van der Waals surface area (Å²) in [5, 5.41) is 3.26. The van der Waals surface area contributed by atoms with Crippen molar-refractivity contribution in [1.29, 1.82) is 0 Å². The molecule has 1 N–H and O–H groups in total. The number of aryl methyl sites for hydroxylation is 1. The van der Waals surface area contributed by atoms with E-state index in [1.807, 2.05) is 19.5 Å². The molecule has 0 spiro atoms. The molecule has 3 rings (SSSR count). The number of amidine groups is 1. The second kappa shape index (κ2) is 12.0. The van der Waals surface area contributed by atoms with Gasteiger partial charge in [0.15, 0.2) is 0 Å². The van der Waals surface area contributed by atoms with Gasteiger partial charge in [-0.25, -0.2) is 4.99 Å². The van der Waals surface area contributed by atoms with Gasteiger partial charge in [0.25, 0.3) is 0 Å². The van der Waals surface area contributed by atoms with E-state index in [-0.39, 0.29) is 0 Å². The number of rotatable bonds is 7. The minimum absolute atomic E-state index is 0.893. The Kier molecular flexibility index (Phi) is 9.10. The van der Waals surface area contributed by atoms with E-state index in [1.54, 1.807) is 0 Å². The Hall–Kier alpha value is -2.40. The SMILES string of the molecule is CNc1ccc(C)c(C)c1N=C/C1=C/N=C(N(C)CCCC2CCN(C)CC2)/C=C\CC1. The van der Waals surface area contributed by atoms with Gasteiger partial charge in [-0.1, -0.05) is 12.1 Å². The number of likely N-dealkylation sites (tertiary alicyclic amines) is 1. The van der Waals surface area contributed by atoms with Crippen molar-refractivity contribution in [3.63, 3.8) is 0 Å². The maximum Gasteiger partial charge on any atom is 0.127 e. The highest BCUT2D eigenvalue weighted by Gasteiger charge is 2.16. The Morgan fingerprint density at radius 3 is 2.78 bits per heavy atom. The molecule has 32 heavy (non-hydrogen) atoms. The summed E-state index contributed by atoms with van der Waals surface area (Å²) in [6.45, 7) is 7.83. The van der Waals surface area contributed by atoms with Gasteiger partial charge in [-0.3, -0.25) is 4.99 Å². The molecule has 1 aromatic rings. The van der Waals surface area contributed by atoms with E-state index in [4.69, 9.17) is 9.98 Å². The summed E-state index contributed by atoms with van der Waals surface area (Å²) < 4.78 is 0. The third-order valence-corrected chi connectivity index (χ3v) is 6.90. The van der Waals surface area contributed by atoms with Crippen molar-refractivity contribution < 1.29 is 0 Å². The van der Waals surface area contributed by atoms with Crippen LogP contribution in [0, 0.1) is 19.8 Å². The molecule has 0 unspecified atom stereocenters. The van der Waals surface area contributed by atoms with Crippen LogP contribution in [0.1, 0.15) is 49.7 Å². The fourth-order valence-electron chi connectivity index (χ4n) is 4.42. The van der Waals surface area contributed by atoms with Gasteiger partial charge < -0.3 is 15.1 Å². The van der Waals surface area contributed by atoms with Crippen molar-refractivity contribution >= 4 is 23.4 Å². The first kappa shape index (κ1) is 24.2. The van der Waals surface area contributed by atoms with E-state index in [1.165, 1.54) is 49.9 Å². The number of hydrogen-bond acceptors (Lipinski definition) is 5. The summed E-state index contributed by atoms with van der Waals surface area (Å²) in [5.41, 5.74) is 5.71. The lowest BCUT2D eigenvalue weighted by atomic mass is 9.92. The lowest BCUT2D eigenvalue weighted by Crippen LogP contribution is -2.31. The smallest absolute Gasteiger partial charge is 0.127 e. The molecule has 0 amide bonds. The van der Waals surface area contributed by atoms with E-state index in [0.717, 1.165) is 48.1 Å². The summed E-state index contributed by atoms with van der Waals surface area (Å²) in [5.74, 6) is 1.94. The maximum absolute atomic E-state index is 4.84. The van der Waals surface area contributed by atoms with Crippen LogP contribution in [-0.4, -0.2) is 62.6 Å². The second-order valence-corrected chi connectivity index (χ2v) is 9.35. The number of piperidine rings is 1. The fraction of sp³-hybridized carbons (Fsp3) is 0.556. The number of likely N-dealkylation sites (N-methyl/N-ethyl adjacent to an activating group) is 1. The Morgan fingerprint density at radius 2 is 2.03 bits per heavy atom. The molecule has 5 heteroatoms. The molecule has 2 heterocycles. The van der Waals surface area contributed by atoms with Crippen molar-refractivity contribution in [3.8, 4) is 0 Å². The molecule has 2 aliphatic heterocycles. The van der Waals surface area contributed by atoms with E-state index in [2.05, 4.69) is 67.3 Å². The summed E-state index contributed by atoms with van der Waals surface area (Å²) >= 11 is 0. The molecule has 0 aromatic heterocycles. The normalized spacial score (nSPS) is 22.5. The molecule has 1 fully saturated rings. The van der Waals surface area contributed by atoms with Crippen molar-refractivity contribution in [2.24, 2.45) is 15.9 Å². The molecule has 0 aliphatic carbocycles. The number of aliphatic imine (C=N–C) groups is 2. The standard InChI is InChI=1S/C27H41N5/c1-21-12-13-25(28-3)27(22(21)2)30-20-24-9-6-7-11-26(29-19-24)32(5)16-8-10-23-14-17-31(4)18-15-23/h7,11-13,19-20,23,28H,6,8-10,14-18H2,1-5H3/b11-7-,24-19+,29-26-,30-20?. The number of hydrogen-bond donors (Lipinski definition) is 1. The predicted octanol–water partition coefficient (Wildman–Crippen LogP) is 5.73. The number of nitrogens with zero attached hydrogens (tertiary/aromatic N) is 4. The third-order valence-electron chi connectivity index (χ3n) is 6.90. The molecule has 2 aliphatic rings. The largest absolute Gasteiger partial charge is 0.386 e. The molecule has 0 radical (unpaired) electrons. The van der Waals surface area contributed by atoms with Crippen LogP contribution in [0.25, 0.3) is 0 Å². The zero-order valence-corrected chi connectivity index (χ0v) is 20.7. The highest BCUT2D eigenvalue weighted by Crippen LogP contribution is 2.31. The monoisotopic (exact) mass is 435 g/mol.